The molecule has 156 valence electrons. The summed E-state index contributed by atoms with van der Waals surface area (Å²) in [6.45, 7) is 4.58. The molecule has 3 aromatic rings. The molecule has 0 aliphatic carbocycles. The van der Waals surface area contributed by atoms with Crippen molar-refractivity contribution in [1.29, 1.82) is 0 Å². The molecule has 30 heavy (non-hydrogen) atoms. The summed E-state index contributed by atoms with van der Waals surface area (Å²) in [7, 11) is 0. The van der Waals surface area contributed by atoms with Gasteiger partial charge in [0.2, 0.25) is 5.91 Å². The Morgan fingerprint density at radius 3 is 2.60 bits per heavy atom. The lowest BCUT2D eigenvalue weighted by Gasteiger charge is -2.09. The molecule has 2 N–H and O–H groups in total. The Labute approximate surface area is 180 Å². The van der Waals surface area contributed by atoms with E-state index in [1.54, 1.807) is 12.1 Å². The van der Waals surface area contributed by atoms with Crippen molar-refractivity contribution in [3.05, 3.63) is 65.0 Å². The number of carbonyl (C=O) groups is 2. The maximum Gasteiger partial charge on any atom is 0.261 e. The molecule has 0 fully saturated rings. The lowest BCUT2D eigenvalue weighted by atomic mass is 10.1. The number of amides is 2. The summed E-state index contributed by atoms with van der Waals surface area (Å²) in [4.78, 5) is 28.1. The van der Waals surface area contributed by atoms with Crippen LogP contribution in [-0.2, 0) is 11.2 Å². The fraction of sp³-hybridized carbons (Fsp3) is 0.261. The highest BCUT2D eigenvalue weighted by Gasteiger charge is 2.14. The fourth-order valence-electron chi connectivity index (χ4n) is 2.96. The quantitative estimate of drug-likeness (QED) is 0.496. The summed E-state index contributed by atoms with van der Waals surface area (Å²) in [6, 6.07) is 15.4. The number of nitrogens with one attached hydrogen (secondary N) is 2. The topological polar surface area (TPSA) is 80.3 Å². The minimum atomic E-state index is -0.241. The molecular weight excluding hydrogens is 398 g/mol. The Hall–Kier alpha value is -3.19. The van der Waals surface area contributed by atoms with Crippen molar-refractivity contribution in [2.75, 3.05) is 18.5 Å². The Balaban J connectivity index is 1.61. The number of para-hydroxylation sites is 1. The lowest BCUT2D eigenvalue weighted by Crippen LogP contribution is -2.21. The van der Waals surface area contributed by atoms with Crippen LogP contribution in [0.15, 0.2) is 53.9 Å². The maximum absolute atomic E-state index is 12.6. The molecule has 2 amide bonds. The van der Waals surface area contributed by atoms with Crippen molar-refractivity contribution in [3.8, 4) is 17.0 Å². The van der Waals surface area contributed by atoms with E-state index in [1.807, 2.05) is 36.6 Å². The highest BCUT2D eigenvalue weighted by molar-refractivity contribution is 7.14. The van der Waals surface area contributed by atoms with Crippen LogP contribution < -0.4 is 15.4 Å². The SMILES string of the molecule is CCOc1ccccc1C(=O)Nc1nc(-c2ccc(CCCNC(C)=O)cc2)cs1. The van der Waals surface area contributed by atoms with Crippen LogP contribution in [0.4, 0.5) is 5.13 Å². The van der Waals surface area contributed by atoms with Gasteiger partial charge in [0.1, 0.15) is 5.75 Å². The smallest absolute Gasteiger partial charge is 0.261 e. The van der Waals surface area contributed by atoms with Gasteiger partial charge in [-0.05, 0) is 37.5 Å². The molecule has 0 spiro atoms. The van der Waals surface area contributed by atoms with Gasteiger partial charge in [0.05, 0.1) is 17.9 Å². The number of aromatic nitrogens is 1. The van der Waals surface area contributed by atoms with E-state index >= 15 is 0 Å². The highest BCUT2D eigenvalue weighted by Crippen LogP contribution is 2.27. The molecule has 3 rings (SSSR count). The molecule has 0 aliphatic heterocycles. The molecule has 2 aromatic carbocycles. The van der Waals surface area contributed by atoms with Crippen molar-refractivity contribution >= 4 is 28.3 Å². The van der Waals surface area contributed by atoms with E-state index in [0.717, 1.165) is 24.1 Å². The molecule has 6 nitrogen and oxygen atoms in total. The van der Waals surface area contributed by atoms with Gasteiger partial charge in [-0.2, -0.15) is 0 Å². The minimum Gasteiger partial charge on any atom is -0.493 e. The van der Waals surface area contributed by atoms with E-state index in [-0.39, 0.29) is 11.8 Å². The molecule has 0 bridgehead atoms. The maximum atomic E-state index is 12.6. The van der Waals surface area contributed by atoms with Gasteiger partial charge in [-0.25, -0.2) is 4.98 Å². The molecule has 0 unspecified atom stereocenters. The normalized spacial score (nSPS) is 10.5. The minimum absolute atomic E-state index is 0.00171. The van der Waals surface area contributed by atoms with Crippen molar-refractivity contribution < 1.29 is 14.3 Å². The summed E-state index contributed by atoms with van der Waals surface area (Å²) in [5.74, 6) is 0.316. The third-order valence-electron chi connectivity index (χ3n) is 4.42. The van der Waals surface area contributed by atoms with Crippen molar-refractivity contribution in [2.45, 2.75) is 26.7 Å². The number of benzene rings is 2. The zero-order valence-corrected chi connectivity index (χ0v) is 17.9. The first-order valence-corrected chi connectivity index (χ1v) is 10.8. The van der Waals surface area contributed by atoms with Gasteiger partial charge in [0, 0.05) is 24.4 Å². The Morgan fingerprint density at radius 2 is 1.87 bits per heavy atom. The number of thiazole rings is 1. The van der Waals surface area contributed by atoms with Crippen LogP contribution in [0.5, 0.6) is 5.75 Å². The Bertz CT molecular complexity index is 999. The number of ether oxygens (including phenoxy) is 1. The van der Waals surface area contributed by atoms with Crippen molar-refractivity contribution in [2.24, 2.45) is 0 Å². The molecule has 0 atom stereocenters. The third kappa shape index (κ3) is 5.90. The van der Waals surface area contributed by atoms with E-state index < -0.39 is 0 Å². The van der Waals surface area contributed by atoms with E-state index in [9.17, 15) is 9.59 Å². The van der Waals surface area contributed by atoms with E-state index in [0.29, 0.717) is 29.6 Å². The molecule has 0 saturated carbocycles. The zero-order chi connectivity index (χ0) is 21.3. The van der Waals surface area contributed by atoms with E-state index in [2.05, 4.69) is 27.8 Å². The zero-order valence-electron chi connectivity index (χ0n) is 17.1. The van der Waals surface area contributed by atoms with Gasteiger partial charge in [0.15, 0.2) is 5.13 Å². The van der Waals surface area contributed by atoms with Crippen LogP contribution in [0.1, 0.15) is 36.2 Å². The first-order valence-electron chi connectivity index (χ1n) is 9.89. The predicted octanol–water partition coefficient (Wildman–Crippen LogP) is 4.53. The average molecular weight is 424 g/mol. The highest BCUT2D eigenvalue weighted by atomic mass is 32.1. The van der Waals surface area contributed by atoms with Crippen LogP contribution in [0, 0.1) is 0 Å². The molecule has 0 radical (unpaired) electrons. The molecule has 1 aromatic heterocycles. The number of rotatable bonds is 9. The Kier molecular flexibility index (Phi) is 7.57. The largest absolute Gasteiger partial charge is 0.493 e. The third-order valence-corrected chi connectivity index (χ3v) is 5.18. The standard InChI is InChI=1S/C23H25N3O3S/c1-3-29-21-9-5-4-8-19(21)22(28)26-23-25-20(15-30-23)18-12-10-17(11-13-18)7-6-14-24-16(2)27/h4-5,8-13,15H,3,6-7,14H2,1-2H3,(H,24,27)(H,25,26,28). The molecule has 7 heteroatoms. The van der Waals surface area contributed by atoms with Gasteiger partial charge in [-0.3, -0.25) is 14.9 Å². The van der Waals surface area contributed by atoms with Crippen LogP contribution in [0.25, 0.3) is 11.3 Å². The van der Waals surface area contributed by atoms with Crippen LogP contribution in [0.2, 0.25) is 0 Å². The second kappa shape index (κ2) is 10.5. The van der Waals surface area contributed by atoms with Gasteiger partial charge in [-0.15, -0.1) is 11.3 Å². The van der Waals surface area contributed by atoms with Gasteiger partial charge >= 0.3 is 0 Å². The number of hydrogen-bond acceptors (Lipinski definition) is 5. The monoisotopic (exact) mass is 423 g/mol. The Morgan fingerprint density at radius 1 is 1.10 bits per heavy atom. The van der Waals surface area contributed by atoms with Crippen molar-refractivity contribution in [1.82, 2.24) is 10.3 Å². The summed E-state index contributed by atoms with van der Waals surface area (Å²) in [5, 5.41) is 8.13. The summed E-state index contributed by atoms with van der Waals surface area (Å²) < 4.78 is 5.53. The van der Waals surface area contributed by atoms with Crippen molar-refractivity contribution in [3.63, 3.8) is 0 Å². The van der Waals surface area contributed by atoms with Crippen LogP contribution >= 0.6 is 11.3 Å². The number of carbonyl (C=O) groups excluding carboxylic acids is 2. The second-order valence-corrected chi connectivity index (χ2v) is 7.56. The van der Waals surface area contributed by atoms with Gasteiger partial charge < -0.3 is 10.1 Å². The second-order valence-electron chi connectivity index (χ2n) is 6.70. The molecule has 0 saturated heterocycles. The summed E-state index contributed by atoms with van der Waals surface area (Å²) >= 11 is 1.39. The first-order chi connectivity index (χ1) is 14.6. The summed E-state index contributed by atoms with van der Waals surface area (Å²) in [6.07, 6.45) is 1.80. The van der Waals surface area contributed by atoms with Crippen LogP contribution in [0.3, 0.4) is 0 Å². The van der Waals surface area contributed by atoms with E-state index in [4.69, 9.17) is 4.74 Å². The lowest BCUT2D eigenvalue weighted by molar-refractivity contribution is -0.118. The first kappa shape index (κ1) is 21.5. The number of nitrogens with zero attached hydrogens (tertiary/aromatic N) is 1. The fourth-order valence-corrected chi connectivity index (χ4v) is 3.68. The van der Waals surface area contributed by atoms with Gasteiger partial charge in [-0.1, -0.05) is 36.4 Å². The van der Waals surface area contributed by atoms with Crippen LogP contribution in [-0.4, -0.2) is 29.9 Å². The molecular formula is C23H25N3O3S. The van der Waals surface area contributed by atoms with Gasteiger partial charge in [0.25, 0.3) is 5.91 Å². The molecule has 1 heterocycles. The predicted molar refractivity (Wildman–Crippen MR) is 120 cm³/mol. The average Bonchev–Trinajstić information content (AvgIpc) is 3.20. The number of aryl methyl sites for hydroxylation is 1. The summed E-state index contributed by atoms with van der Waals surface area (Å²) in [5.41, 5.74) is 3.50. The number of hydrogen-bond donors (Lipinski definition) is 2. The molecule has 0 aliphatic rings. The number of anilines is 1. The van der Waals surface area contributed by atoms with E-state index in [1.165, 1.54) is 23.8 Å².